The average molecular weight is 630 g/mol. The first-order chi connectivity index (χ1) is 21.7. The van der Waals surface area contributed by atoms with Crippen LogP contribution in [0.3, 0.4) is 0 Å². The van der Waals surface area contributed by atoms with Gasteiger partial charge < -0.3 is 19.7 Å². The molecule has 0 radical (unpaired) electrons. The van der Waals surface area contributed by atoms with E-state index < -0.39 is 28.5 Å². The molecule has 0 aliphatic heterocycles. The Bertz CT molecular complexity index is 1680. The van der Waals surface area contributed by atoms with Crippen molar-refractivity contribution in [3.05, 3.63) is 120 Å². The largest absolute Gasteiger partial charge is 0.497 e. The molecule has 9 nitrogen and oxygen atoms in total. The maximum absolute atomic E-state index is 14.4. The Kier molecular flexibility index (Phi) is 11.2. The molecule has 0 saturated heterocycles. The lowest BCUT2D eigenvalue weighted by Crippen LogP contribution is -2.53. The van der Waals surface area contributed by atoms with Crippen LogP contribution in [0, 0.1) is 6.92 Å². The molecular weight excluding hydrogens is 590 g/mol. The lowest BCUT2D eigenvalue weighted by atomic mass is 10.0. The molecular formula is C35H39N3O6S. The van der Waals surface area contributed by atoms with Crippen LogP contribution < -0.4 is 19.1 Å². The highest BCUT2D eigenvalue weighted by Gasteiger charge is 2.34. The van der Waals surface area contributed by atoms with Gasteiger partial charge in [-0.15, -0.1) is 0 Å². The minimum absolute atomic E-state index is 0.0428. The Morgan fingerprint density at radius 3 is 2.13 bits per heavy atom. The standard InChI is InChI=1S/C35H39N3O6S/c1-5-44-30-18-16-29(17-19-30)38(45(41,42)32-20-14-26(2)15-21-32)25-34(39)37(24-28-12-9-13-31(22-28)43-4)33(35(40)36-3)23-27-10-7-6-8-11-27/h6-22,33H,5,23-25H2,1-4H3,(H,36,40)/t33-/m1/s1. The number of likely N-dealkylation sites (N-methyl/N-ethyl adjacent to an activating group) is 1. The molecule has 0 aliphatic rings. The molecule has 4 aromatic rings. The van der Waals surface area contributed by atoms with Crippen molar-refractivity contribution in [1.82, 2.24) is 10.2 Å². The van der Waals surface area contributed by atoms with Crippen molar-refractivity contribution in [3.63, 3.8) is 0 Å². The van der Waals surface area contributed by atoms with Crippen LogP contribution in [0.25, 0.3) is 0 Å². The predicted molar refractivity (Wildman–Crippen MR) is 175 cm³/mol. The molecule has 0 aromatic heterocycles. The number of hydrogen-bond donors (Lipinski definition) is 1. The topological polar surface area (TPSA) is 105 Å². The monoisotopic (exact) mass is 629 g/mol. The second kappa shape index (κ2) is 15.3. The third-order valence-electron chi connectivity index (χ3n) is 7.33. The molecule has 0 fully saturated rings. The van der Waals surface area contributed by atoms with Gasteiger partial charge in [-0.3, -0.25) is 13.9 Å². The molecule has 1 N–H and O–H groups in total. The smallest absolute Gasteiger partial charge is 0.264 e. The lowest BCUT2D eigenvalue weighted by Gasteiger charge is -2.33. The number of rotatable bonds is 14. The summed E-state index contributed by atoms with van der Waals surface area (Å²) < 4.78 is 40.3. The molecule has 0 heterocycles. The van der Waals surface area contributed by atoms with Crippen molar-refractivity contribution >= 4 is 27.5 Å². The van der Waals surface area contributed by atoms with Crippen LogP contribution in [0.2, 0.25) is 0 Å². The van der Waals surface area contributed by atoms with Crippen molar-refractivity contribution < 1.29 is 27.5 Å². The Labute approximate surface area is 265 Å². The maximum atomic E-state index is 14.4. The van der Waals surface area contributed by atoms with Crippen LogP contribution in [0.1, 0.15) is 23.6 Å². The first-order valence-electron chi connectivity index (χ1n) is 14.7. The van der Waals surface area contributed by atoms with Gasteiger partial charge in [-0.1, -0.05) is 60.2 Å². The van der Waals surface area contributed by atoms with Crippen LogP contribution >= 0.6 is 0 Å². The van der Waals surface area contributed by atoms with Gasteiger partial charge in [0.15, 0.2) is 0 Å². The number of carbonyl (C=O) groups excluding carboxylic acids is 2. The normalized spacial score (nSPS) is 11.7. The second-order valence-corrected chi connectivity index (χ2v) is 12.3. The van der Waals surface area contributed by atoms with E-state index in [1.807, 2.05) is 50.2 Å². The lowest BCUT2D eigenvalue weighted by molar-refractivity contribution is -0.139. The number of anilines is 1. The Balaban J connectivity index is 1.79. The van der Waals surface area contributed by atoms with Crippen LogP contribution in [0.4, 0.5) is 5.69 Å². The molecule has 10 heteroatoms. The summed E-state index contributed by atoms with van der Waals surface area (Å²) in [7, 11) is -1.13. The van der Waals surface area contributed by atoms with Gasteiger partial charge in [-0.05, 0) is 73.5 Å². The van der Waals surface area contributed by atoms with Crippen LogP contribution in [0.5, 0.6) is 11.5 Å². The molecule has 4 rings (SSSR count). The quantitative estimate of drug-likeness (QED) is 0.211. The van der Waals surface area contributed by atoms with Crippen molar-refractivity contribution in [3.8, 4) is 11.5 Å². The number of aryl methyl sites for hydroxylation is 1. The van der Waals surface area contributed by atoms with Crippen molar-refractivity contribution in [2.75, 3.05) is 31.6 Å². The fourth-order valence-corrected chi connectivity index (χ4v) is 6.34. The molecule has 2 amide bonds. The van der Waals surface area contributed by atoms with E-state index in [1.165, 1.54) is 24.1 Å². The zero-order valence-electron chi connectivity index (χ0n) is 26.0. The van der Waals surface area contributed by atoms with Crippen molar-refractivity contribution in [2.24, 2.45) is 0 Å². The van der Waals surface area contributed by atoms with Crippen LogP contribution in [-0.4, -0.2) is 58.5 Å². The molecule has 236 valence electrons. The summed E-state index contributed by atoms with van der Waals surface area (Å²) in [5.74, 6) is 0.246. The Morgan fingerprint density at radius 2 is 1.51 bits per heavy atom. The summed E-state index contributed by atoms with van der Waals surface area (Å²) in [6, 6.07) is 28.7. The van der Waals surface area contributed by atoms with Crippen LogP contribution in [0.15, 0.2) is 108 Å². The fourth-order valence-electron chi connectivity index (χ4n) is 4.93. The third-order valence-corrected chi connectivity index (χ3v) is 9.12. The number of hydrogen-bond acceptors (Lipinski definition) is 6. The summed E-state index contributed by atoms with van der Waals surface area (Å²) in [6.07, 6.45) is 0.226. The van der Waals surface area contributed by atoms with Crippen LogP contribution in [-0.2, 0) is 32.6 Å². The van der Waals surface area contributed by atoms with Gasteiger partial charge in [0.1, 0.15) is 24.1 Å². The SMILES string of the molecule is CCOc1ccc(N(CC(=O)N(Cc2cccc(OC)c2)[C@H](Cc2ccccc2)C(=O)NC)S(=O)(=O)c2ccc(C)cc2)cc1. The number of carbonyl (C=O) groups is 2. The van der Waals surface area contributed by atoms with Crippen molar-refractivity contribution in [1.29, 1.82) is 0 Å². The minimum atomic E-state index is -4.19. The molecule has 45 heavy (non-hydrogen) atoms. The molecule has 4 aromatic carbocycles. The van der Waals surface area contributed by atoms with E-state index in [9.17, 15) is 18.0 Å². The second-order valence-electron chi connectivity index (χ2n) is 10.4. The van der Waals surface area contributed by atoms with Gasteiger partial charge in [0.2, 0.25) is 11.8 Å². The van der Waals surface area contributed by atoms with Gasteiger partial charge in [-0.2, -0.15) is 0 Å². The molecule has 1 atom stereocenters. The third kappa shape index (κ3) is 8.42. The minimum Gasteiger partial charge on any atom is -0.497 e. The van der Waals surface area contributed by atoms with Crippen molar-refractivity contribution in [2.45, 2.75) is 37.8 Å². The zero-order valence-corrected chi connectivity index (χ0v) is 26.8. The maximum Gasteiger partial charge on any atom is 0.264 e. The molecule has 0 bridgehead atoms. The Morgan fingerprint density at radius 1 is 0.844 bits per heavy atom. The van der Waals surface area contributed by atoms with Gasteiger partial charge in [0, 0.05) is 20.0 Å². The number of sulfonamides is 1. The van der Waals surface area contributed by atoms with Gasteiger partial charge in [0.25, 0.3) is 10.0 Å². The summed E-state index contributed by atoms with van der Waals surface area (Å²) in [5, 5.41) is 2.69. The fraction of sp³-hybridized carbons (Fsp3) is 0.257. The first kappa shape index (κ1) is 33.1. The number of amides is 2. The average Bonchev–Trinajstić information content (AvgIpc) is 3.06. The van der Waals surface area contributed by atoms with Gasteiger partial charge >= 0.3 is 0 Å². The number of methoxy groups -OCH3 is 1. The molecule has 0 aliphatic carbocycles. The number of benzene rings is 4. The Hall–Kier alpha value is -4.83. The highest BCUT2D eigenvalue weighted by molar-refractivity contribution is 7.92. The highest BCUT2D eigenvalue weighted by atomic mass is 32.2. The highest BCUT2D eigenvalue weighted by Crippen LogP contribution is 2.27. The summed E-state index contributed by atoms with van der Waals surface area (Å²) in [4.78, 5) is 29.3. The van der Waals surface area contributed by atoms with E-state index in [1.54, 1.807) is 61.7 Å². The number of nitrogens with zero attached hydrogens (tertiary/aromatic N) is 2. The summed E-state index contributed by atoms with van der Waals surface area (Å²) >= 11 is 0. The first-order valence-corrected chi connectivity index (χ1v) is 16.1. The molecule has 0 saturated carbocycles. The summed E-state index contributed by atoms with van der Waals surface area (Å²) in [5.41, 5.74) is 2.76. The predicted octanol–water partition coefficient (Wildman–Crippen LogP) is 4.98. The van der Waals surface area contributed by atoms with E-state index in [0.717, 1.165) is 21.0 Å². The van der Waals surface area contributed by atoms with E-state index in [4.69, 9.17) is 9.47 Å². The number of ether oxygens (including phenoxy) is 2. The van der Waals surface area contributed by atoms with E-state index in [2.05, 4.69) is 5.32 Å². The van der Waals surface area contributed by atoms with Gasteiger partial charge in [-0.25, -0.2) is 8.42 Å². The summed E-state index contributed by atoms with van der Waals surface area (Å²) in [6.45, 7) is 3.67. The zero-order chi connectivity index (χ0) is 32.4. The van der Waals surface area contributed by atoms with E-state index in [-0.39, 0.29) is 29.5 Å². The number of nitrogens with one attached hydrogen (secondary N) is 1. The van der Waals surface area contributed by atoms with Gasteiger partial charge in [0.05, 0.1) is 24.3 Å². The molecule has 0 spiro atoms. The van der Waals surface area contributed by atoms with E-state index >= 15 is 0 Å². The van der Waals surface area contributed by atoms with E-state index in [0.29, 0.717) is 18.1 Å². The molecule has 0 unspecified atom stereocenters.